The fourth-order valence-electron chi connectivity index (χ4n) is 4.74. The maximum atomic E-state index is 12.5. The maximum absolute atomic E-state index is 12.5. The summed E-state index contributed by atoms with van der Waals surface area (Å²) in [6.45, 7) is 4.40. The number of hydrogen-bond acceptors (Lipinski definition) is 5. The Hall–Kier alpha value is -2.00. The molecule has 3 atom stereocenters. The molecule has 0 aromatic carbocycles. The highest BCUT2D eigenvalue weighted by atomic mass is 32.2. The first-order valence-corrected chi connectivity index (χ1v) is 19.2. The van der Waals surface area contributed by atoms with Crippen molar-refractivity contribution in [2.75, 3.05) is 5.75 Å². The Kier molecular flexibility index (Phi) is 29.3. The molecular weight excluding hydrogens is 586 g/mol. The van der Waals surface area contributed by atoms with Gasteiger partial charge in [-0.1, -0.05) is 132 Å². The molecule has 0 heterocycles. The highest BCUT2D eigenvalue weighted by Crippen LogP contribution is 2.12. The van der Waals surface area contributed by atoms with Crippen LogP contribution in [0.4, 0.5) is 0 Å². The molecule has 45 heavy (non-hydrogen) atoms. The molecule has 4 N–H and O–H groups in total. The van der Waals surface area contributed by atoms with E-state index in [4.69, 9.17) is 0 Å². The summed E-state index contributed by atoms with van der Waals surface area (Å²) in [6.07, 6.45) is 38.4. The van der Waals surface area contributed by atoms with Crippen LogP contribution in [0, 0.1) is 0 Å². The van der Waals surface area contributed by atoms with Crippen LogP contribution in [0.1, 0.15) is 142 Å². The lowest BCUT2D eigenvalue weighted by molar-refractivity contribution is -0.130. The predicted molar refractivity (Wildman–Crippen MR) is 190 cm³/mol. The molecule has 0 saturated carbocycles. The van der Waals surface area contributed by atoms with Gasteiger partial charge in [-0.25, -0.2) is 0 Å². The molecule has 0 aliphatic carbocycles. The van der Waals surface area contributed by atoms with Crippen LogP contribution >= 0.6 is 0 Å². The third kappa shape index (κ3) is 30.4. The highest BCUT2D eigenvalue weighted by Gasteiger charge is 2.27. The first kappa shape index (κ1) is 43.0. The molecule has 0 aliphatic heterocycles. The molecule has 0 rings (SSSR count). The van der Waals surface area contributed by atoms with E-state index in [0.29, 0.717) is 12.8 Å². The van der Waals surface area contributed by atoms with E-state index >= 15 is 0 Å². The molecule has 3 unspecified atom stereocenters. The van der Waals surface area contributed by atoms with Gasteiger partial charge in [-0.3, -0.25) is 9.35 Å². The average molecular weight is 652 g/mol. The number of allylic oxidation sites excluding steroid dienone is 9. The topological polar surface area (TPSA) is 124 Å². The van der Waals surface area contributed by atoms with E-state index < -0.39 is 40.0 Å². The maximum Gasteiger partial charge on any atom is 0.267 e. The number of carbonyl (C=O) groups is 1. The first-order valence-electron chi connectivity index (χ1n) is 17.6. The fraction of sp³-hybridized carbons (Fsp3) is 0.703. The minimum atomic E-state index is -4.45. The van der Waals surface area contributed by atoms with E-state index in [0.717, 1.165) is 70.6 Å². The van der Waals surface area contributed by atoms with Gasteiger partial charge in [-0.15, -0.1) is 0 Å². The largest absolute Gasteiger partial charge is 0.387 e. The Labute approximate surface area is 275 Å². The van der Waals surface area contributed by atoms with Gasteiger partial charge in [-0.05, 0) is 70.6 Å². The normalized spacial score (nSPS) is 14.9. The van der Waals surface area contributed by atoms with Crippen LogP contribution < -0.4 is 5.32 Å². The molecule has 8 heteroatoms. The van der Waals surface area contributed by atoms with Gasteiger partial charge in [0.1, 0.15) is 6.10 Å². The van der Waals surface area contributed by atoms with E-state index in [-0.39, 0.29) is 6.42 Å². The summed E-state index contributed by atoms with van der Waals surface area (Å²) in [6, 6.07) is -1.26. The summed E-state index contributed by atoms with van der Waals surface area (Å²) in [5.41, 5.74) is 0. The number of hydrogen-bond donors (Lipinski definition) is 4. The van der Waals surface area contributed by atoms with Crippen molar-refractivity contribution in [2.45, 2.75) is 161 Å². The van der Waals surface area contributed by atoms with Crippen LogP contribution in [-0.4, -0.2) is 53.1 Å². The fourth-order valence-corrected chi connectivity index (χ4v) is 5.47. The smallest absolute Gasteiger partial charge is 0.267 e. The van der Waals surface area contributed by atoms with Gasteiger partial charge in [-0.2, -0.15) is 8.42 Å². The van der Waals surface area contributed by atoms with Crippen molar-refractivity contribution >= 4 is 16.0 Å². The standard InChI is InChI=1S/C37H65NO6S/c1-3-5-7-9-11-13-15-17-18-19-20-22-24-26-28-30-32-36(40)37(41)38-34(33-45(42,43)44)35(39)31-29-27-25-23-21-16-14-12-10-8-6-4-2/h10-13,17-18,21,23,29,31,34-36,39-40H,3-9,14-16,19-20,22,24-28,30,32-33H2,1-2H3,(H,38,41)(H,42,43,44)/b12-10+,13-11-,18-17-,23-21+,31-29+. The second kappa shape index (κ2) is 30.6. The van der Waals surface area contributed by atoms with Crippen LogP contribution in [0.5, 0.6) is 0 Å². The van der Waals surface area contributed by atoms with Crippen molar-refractivity contribution in [3.63, 3.8) is 0 Å². The Morgan fingerprint density at radius 2 is 1.09 bits per heavy atom. The van der Waals surface area contributed by atoms with Gasteiger partial charge in [0.15, 0.2) is 0 Å². The van der Waals surface area contributed by atoms with Crippen LogP contribution in [-0.2, 0) is 14.9 Å². The molecule has 0 aliphatic rings. The lowest BCUT2D eigenvalue weighted by Crippen LogP contribution is -2.50. The zero-order chi connectivity index (χ0) is 33.4. The number of aliphatic hydroxyl groups excluding tert-OH is 2. The summed E-state index contributed by atoms with van der Waals surface area (Å²) >= 11 is 0. The van der Waals surface area contributed by atoms with E-state index in [1.807, 2.05) is 0 Å². The van der Waals surface area contributed by atoms with E-state index in [1.165, 1.54) is 44.6 Å². The summed E-state index contributed by atoms with van der Waals surface area (Å²) in [5, 5.41) is 23.2. The Balaban J connectivity index is 4.23. The second-order valence-corrected chi connectivity index (χ2v) is 13.4. The number of amides is 1. The molecule has 7 nitrogen and oxygen atoms in total. The van der Waals surface area contributed by atoms with Crippen LogP contribution in [0.15, 0.2) is 60.8 Å². The highest BCUT2D eigenvalue weighted by molar-refractivity contribution is 7.85. The Bertz CT molecular complexity index is 954. The predicted octanol–water partition coefficient (Wildman–Crippen LogP) is 8.70. The average Bonchev–Trinajstić information content (AvgIpc) is 3.00. The third-order valence-electron chi connectivity index (χ3n) is 7.50. The summed E-state index contributed by atoms with van der Waals surface area (Å²) in [7, 11) is -4.45. The molecule has 0 spiro atoms. The van der Waals surface area contributed by atoms with Crippen molar-refractivity contribution < 1.29 is 28.0 Å². The quantitative estimate of drug-likeness (QED) is 0.0350. The summed E-state index contributed by atoms with van der Waals surface area (Å²) in [4.78, 5) is 12.5. The molecule has 0 saturated heterocycles. The van der Waals surface area contributed by atoms with Crippen molar-refractivity contribution in [3.05, 3.63) is 60.8 Å². The summed E-state index contributed by atoms with van der Waals surface area (Å²) < 4.78 is 32.3. The number of nitrogens with one attached hydrogen (secondary N) is 1. The van der Waals surface area contributed by atoms with Crippen LogP contribution in [0.25, 0.3) is 0 Å². The van der Waals surface area contributed by atoms with Gasteiger partial charge in [0.25, 0.3) is 10.1 Å². The van der Waals surface area contributed by atoms with E-state index in [2.05, 4.69) is 67.8 Å². The van der Waals surface area contributed by atoms with Crippen LogP contribution in [0.2, 0.25) is 0 Å². The van der Waals surface area contributed by atoms with Crippen molar-refractivity contribution in [1.29, 1.82) is 0 Å². The number of rotatable bonds is 30. The van der Waals surface area contributed by atoms with Gasteiger partial charge < -0.3 is 15.5 Å². The SMILES string of the molecule is CCCC/C=C/CC/C=C/CC/C=C/C(O)C(CS(=O)(=O)O)NC(=O)C(O)CCCCCCCC/C=C\C/C=C\CCCCC. The monoisotopic (exact) mass is 651 g/mol. The second-order valence-electron chi connectivity index (χ2n) is 11.9. The van der Waals surface area contributed by atoms with E-state index in [9.17, 15) is 28.0 Å². The molecule has 0 bridgehead atoms. The zero-order valence-corrected chi connectivity index (χ0v) is 29.1. The molecule has 0 fully saturated rings. The van der Waals surface area contributed by atoms with Crippen molar-refractivity contribution in [1.82, 2.24) is 5.32 Å². The molecular formula is C37H65NO6S. The molecule has 0 radical (unpaired) electrons. The minimum absolute atomic E-state index is 0.256. The zero-order valence-electron chi connectivity index (χ0n) is 28.3. The van der Waals surface area contributed by atoms with Gasteiger partial charge >= 0.3 is 0 Å². The summed E-state index contributed by atoms with van der Waals surface area (Å²) in [5.74, 6) is -1.58. The third-order valence-corrected chi connectivity index (χ3v) is 8.28. The Morgan fingerprint density at radius 1 is 0.622 bits per heavy atom. The number of aliphatic hydroxyl groups is 2. The number of carbonyl (C=O) groups excluding carboxylic acids is 1. The van der Waals surface area contributed by atoms with Gasteiger partial charge in [0, 0.05) is 0 Å². The number of unbranched alkanes of at least 4 members (excludes halogenated alkanes) is 13. The van der Waals surface area contributed by atoms with Gasteiger partial charge in [0.2, 0.25) is 5.91 Å². The lowest BCUT2D eigenvalue weighted by Gasteiger charge is -2.22. The first-order chi connectivity index (χ1) is 21.7. The molecule has 0 aromatic rings. The van der Waals surface area contributed by atoms with E-state index in [1.54, 1.807) is 6.08 Å². The van der Waals surface area contributed by atoms with Gasteiger partial charge in [0.05, 0.1) is 17.9 Å². The molecule has 1 amide bonds. The van der Waals surface area contributed by atoms with Crippen molar-refractivity contribution in [2.24, 2.45) is 0 Å². The van der Waals surface area contributed by atoms with Crippen molar-refractivity contribution in [3.8, 4) is 0 Å². The molecule has 0 aromatic heterocycles. The lowest BCUT2D eigenvalue weighted by atomic mass is 10.0. The van der Waals surface area contributed by atoms with Crippen LogP contribution in [0.3, 0.4) is 0 Å². The minimum Gasteiger partial charge on any atom is -0.387 e. The molecule has 260 valence electrons. The Morgan fingerprint density at radius 3 is 1.67 bits per heavy atom.